The molecule has 0 aliphatic rings. The quantitative estimate of drug-likeness (QED) is 0.659. The van der Waals surface area contributed by atoms with Crippen molar-refractivity contribution in [2.45, 2.75) is 17.8 Å². The summed E-state index contributed by atoms with van der Waals surface area (Å²) in [4.78, 5) is 29.7. The Morgan fingerprint density at radius 1 is 1.23 bits per heavy atom. The van der Waals surface area contributed by atoms with Gasteiger partial charge in [0.25, 0.3) is 0 Å². The van der Waals surface area contributed by atoms with Crippen molar-refractivity contribution in [1.82, 2.24) is 19.9 Å². The van der Waals surface area contributed by atoms with E-state index in [9.17, 15) is 9.00 Å². The number of carbonyl (C=O) groups excluding carboxylic acids is 1. The molecule has 0 spiro atoms. The molecule has 1 atom stereocenters. The lowest BCUT2D eigenvalue weighted by molar-refractivity contribution is 0.0519. The predicted molar refractivity (Wildman–Crippen MR) is 98.5 cm³/mol. The maximum atomic E-state index is 12.7. The molecule has 1 aromatic carbocycles. The average Bonchev–Trinajstić information content (AvgIpc) is 3.06. The van der Waals surface area contributed by atoms with Crippen LogP contribution in [0.25, 0.3) is 11.0 Å². The van der Waals surface area contributed by atoms with Crippen molar-refractivity contribution in [2.75, 3.05) is 25.6 Å². The van der Waals surface area contributed by atoms with E-state index in [0.29, 0.717) is 11.0 Å². The second kappa shape index (κ2) is 7.61. The topological polar surface area (TPSA) is 101 Å². The summed E-state index contributed by atoms with van der Waals surface area (Å²) in [6, 6.07) is 9.00. The van der Waals surface area contributed by atoms with Gasteiger partial charge in [-0.2, -0.15) is 0 Å². The van der Waals surface area contributed by atoms with Crippen molar-refractivity contribution in [3.05, 3.63) is 41.9 Å². The summed E-state index contributed by atoms with van der Waals surface area (Å²) in [6.45, 7) is 1.98. The molecule has 136 valence electrons. The van der Waals surface area contributed by atoms with E-state index < -0.39 is 16.8 Å². The number of hydrogen-bond acceptors (Lipinski definition) is 7. The van der Waals surface area contributed by atoms with Gasteiger partial charge in [-0.05, 0) is 19.1 Å². The lowest BCUT2D eigenvalue weighted by atomic mass is 10.3. The van der Waals surface area contributed by atoms with Crippen LogP contribution in [0.1, 0.15) is 23.2 Å². The number of H-pyrrole nitrogens is 1. The second-order valence-corrected chi connectivity index (χ2v) is 7.06. The van der Waals surface area contributed by atoms with Crippen LogP contribution in [-0.2, 0) is 21.3 Å². The summed E-state index contributed by atoms with van der Waals surface area (Å²) in [5, 5.41) is 0.350. The van der Waals surface area contributed by atoms with Gasteiger partial charge in [0.15, 0.2) is 10.9 Å². The molecule has 1 N–H and O–H groups in total. The van der Waals surface area contributed by atoms with E-state index in [2.05, 4.69) is 19.9 Å². The van der Waals surface area contributed by atoms with Crippen molar-refractivity contribution in [1.29, 1.82) is 0 Å². The molecule has 0 fully saturated rings. The minimum atomic E-state index is -1.48. The van der Waals surface area contributed by atoms with Gasteiger partial charge >= 0.3 is 5.97 Å². The second-order valence-electron chi connectivity index (χ2n) is 5.69. The summed E-state index contributed by atoms with van der Waals surface area (Å²) in [7, 11) is 2.13. The standard InChI is InChI=1S/C17H19N5O3S/c1-4-25-16(23)13-9-15(22(2)3)21-14(18-13)10-26(24)17-19-11-7-5-6-8-12(11)20-17/h5-9H,4,10H2,1-3H3,(H,19,20). The highest BCUT2D eigenvalue weighted by Gasteiger charge is 2.17. The largest absolute Gasteiger partial charge is 0.461 e. The van der Waals surface area contributed by atoms with Gasteiger partial charge in [0, 0.05) is 20.2 Å². The number of hydrogen-bond donors (Lipinski definition) is 1. The number of esters is 1. The van der Waals surface area contributed by atoms with Gasteiger partial charge in [-0.3, -0.25) is 4.21 Å². The van der Waals surface area contributed by atoms with Gasteiger partial charge in [-0.25, -0.2) is 19.7 Å². The van der Waals surface area contributed by atoms with E-state index in [1.807, 2.05) is 24.3 Å². The molecule has 3 rings (SSSR count). The first-order chi connectivity index (χ1) is 12.5. The Kier molecular flexibility index (Phi) is 5.27. The predicted octanol–water partition coefficient (Wildman–Crippen LogP) is 1.90. The fourth-order valence-electron chi connectivity index (χ4n) is 2.31. The smallest absolute Gasteiger partial charge is 0.357 e. The number of ether oxygens (including phenoxy) is 1. The molecule has 0 bridgehead atoms. The summed E-state index contributed by atoms with van der Waals surface area (Å²) in [6.07, 6.45) is 0. The number of benzene rings is 1. The summed E-state index contributed by atoms with van der Waals surface area (Å²) >= 11 is 0. The van der Waals surface area contributed by atoms with Gasteiger partial charge < -0.3 is 14.6 Å². The highest BCUT2D eigenvalue weighted by molar-refractivity contribution is 7.84. The Morgan fingerprint density at radius 3 is 2.69 bits per heavy atom. The molecule has 3 aromatic rings. The third-order valence-corrected chi connectivity index (χ3v) is 4.69. The van der Waals surface area contributed by atoms with E-state index >= 15 is 0 Å². The van der Waals surface area contributed by atoms with Crippen LogP contribution in [0.4, 0.5) is 5.82 Å². The number of fused-ring (bicyclic) bond motifs is 1. The van der Waals surface area contributed by atoms with Crippen LogP contribution in [0.15, 0.2) is 35.5 Å². The monoisotopic (exact) mass is 373 g/mol. The van der Waals surface area contributed by atoms with E-state index in [-0.39, 0.29) is 23.9 Å². The first-order valence-electron chi connectivity index (χ1n) is 8.03. The Morgan fingerprint density at radius 2 is 2.00 bits per heavy atom. The van der Waals surface area contributed by atoms with Crippen LogP contribution in [0.3, 0.4) is 0 Å². The van der Waals surface area contributed by atoms with E-state index in [1.54, 1.807) is 32.0 Å². The molecule has 1 unspecified atom stereocenters. The minimum absolute atomic E-state index is 0.0356. The van der Waals surface area contributed by atoms with Gasteiger partial charge in [0.2, 0.25) is 0 Å². The molecule has 2 aromatic heterocycles. The molecular formula is C17H19N5O3S. The van der Waals surface area contributed by atoms with Crippen molar-refractivity contribution in [3.8, 4) is 0 Å². The minimum Gasteiger partial charge on any atom is -0.461 e. The number of aromatic nitrogens is 4. The van der Waals surface area contributed by atoms with Gasteiger partial charge in [-0.1, -0.05) is 12.1 Å². The third kappa shape index (κ3) is 3.88. The van der Waals surface area contributed by atoms with E-state index in [4.69, 9.17) is 4.74 Å². The Labute approximate surface area is 153 Å². The number of nitrogens with one attached hydrogen (secondary N) is 1. The SMILES string of the molecule is CCOC(=O)c1cc(N(C)C)nc(CS(=O)c2nc3ccccc3[nH]2)n1. The molecule has 0 amide bonds. The molecule has 8 nitrogen and oxygen atoms in total. The maximum Gasteiger partial charge on any atom is 0.357 e. The highest BCUT2D eigenvalue weighted by atomic mass is 32.2. The maximum absolute atomic E-state index is 12.7. The zero-order valence-electron chi connectivity index (χ0n) is 14.7. The number of anilines is 1. The number of nitrogens with zero attached hydrogens (tertiary/aromatic N) is 4. The molecule has 2 heterocycles. The zero-order chi connectivity index (χ0) is 18.7. The summed E-state index contributed by atoms with van der Waals surface area (Å²) in [5.74, 6) is 0.333. The molecule has 0 radical (unpaired) electrons. The Balaban J connectivity index is 1.89. The summed E-state index contributed by atoms with van der Waals surface area (Å²) in [5.41, 5.74) is 1.69. The average molecular weight is 373 g/mol. The fourth-order valence-corrected chi connectivity index (χ4v) is 3.23. The molecular weight excluding hydrogens is 354 g/mol. The molecule has 0 saturated carbocycles. The first kappa shape index (κ1) is 18.0. The number of carbonyl (C=O) groups is 1. The lowest BCUT2D eigenvalue weighted by Crippen LogP contribution is -2.17. The van der Waals surface area contributed by atoms with Crippen molar-refractivity contribution in [3.63, 3.8) is 0 Å². The lowest BCUT2D eigenvalue weighted by Gasteiger charge is -2.13. The number of rotatable bonds is 6. The Bertz CT molecular complexity index is 937. The van der Waals surface area contributed by atoms with Gasteiger partial charge in [0.05, 0.1) is 34.2 Å². The first-order valence-corrected chi connectivity index (χ1v) is 9.35. The van der Waals surface area contributed by atoms with Crippen LogP contribution in [0.5, 0.6) is 0 Å². The van der Waals surface area contributed by atoms with Crippen LogP contribution < -0.4 is 4.90 Å². The third-order valence-electron chi connectivity index (χ3n) is 3.55. The molecule has 26 heavy (non-hydrogen) atoms. The fraction of sp³-hybridized carbons (Fsp3) is 0.294. The van der Waals surface area contributed by atoms with Crippen molar-refractivity contribution < 1.29 is 13.7 Å². The Hall–Kier alpha value is -2.81. The number of aromatic amines is 1. The van der Waals surface area contributed by atoms with Gasteiger partial charge in [0.1, 0.15) is 11.6 Å². The van der Waals surface area contributed by atoms with Crippen LogP contribution in [0, 0.1) is 0 Å². The van der Waals surface area contributed by atoms with Gasteiger partial charge in [-0.15, -0.1) is 0 Å². The highest BCUT2D eigenvalue weighted by Crippen LogP contribution is 2.16. The normalized spacial score (nSPS) is 12.1. The molecule has 0 aliphatic carbocycles. The van der Waals surface area contributed by atoms with E-state index in [1.165, 1.54) is 0 Å². The van der Waals surface area contributed by atoms with E-state index in [0.717, 1.165) is 11.0 Å². The van der Waals surface area contributed by atoms with Crippen LogP contribution in [-0.4, -0.2) is 50.8 Å². The van der Waals surface area contributed by atoms with Crippen LogP contribution in [0.2, 0.25) is 0 Å². The van der Waals surface area contributed by atoms with Crippen LogP contribution >= 0.6 is 0 Å². The number of para-hydroxylation sites is 2. The molecule has 0 saturated heterocycles. The number of imidazole rings is 1. The van der Waals surface area contributed by atoms with Crippen molar-refractivity contribution in [2.24, 2.45) is 0 Å². The molecule has 0 aliphatic heterocycles. The summed E-state index contributed by atoms with van der Waals surface area (Å²) < 4.78 is 17.7. The van der Waals surface area contributed by atoms with Crippen molar-refractivity contribution >= 4 is 33.6 Å². The molecule has 9 heteroatoms. The zero-order valence-corrected chi connectivity index (χ0v) is 15.5.